The molecule has 2 amide bonds. The van der Waals surface area contributed by atoms with Gasteiger partial charge in [0.2, 0.25) is 0 Å². The predicted molar refractivity (Wildman–Crippen MR) is 99.8 cm³/mol. The molecule has 1 aliphatic rings. The fraction of sp³-hybridized carbons (Fsp3) is 0.250. The number of carbonyl (C=O) groups excluding carboxylic acids is 1. The van der Waals surface area contributed by atoms with Crippen molar-refractivity contribution >= 4 is 11.7 Å². The number of nitrogens with zero attached hydrogens (tertiary/aromatic N) is 1. The van der Waals surface area contributed by atoms with Crippen molar-refractivity contribution in [2.24, 2.45) is 5.73 Å². The molecular weight excluding hydrogens is 316 g/mol. The maximum atomic E-state index is 11.8. The van der Waals surface area contributed by atoms with Crippen LogP contribution in [0.2, 0.25) is 0 Å². The van der Waals surface area contributed by atoms with Crippen molar-refractivity contribution in [1.29, 1.82) is 0 Å². The Kier molecular flexibility index (Phi) is 4.27. The first kappa shape index (κ1) is 17.0. The minimum atomic E-state index is -0.421. The third-order valence-corrected chi connectivity index (χ3v) is 4.71. The first-order valence-electron chi connectivity index (χ1n) is 8.13. The van der Waals surface area contributed by atoms with Crippen LogP contribution in [0.1, 0.15) is 18.1 Å². The molecular formula is C20H23N2O3+. The maximum absolute atomic E-state index is 11.8. The number of nitrogens with two attached hydrogens (primary N) is 1. The number of benzene rings is 2. The molecule has 0 fully saturated rings. The van der Waals surface area contributed by atoms with Gasteiger partial charge in [-0.25, -0.2) is 9.28 Å². The van der Waals surface area contributed by atoms with Crippen molar-refractivity contribution < 1.29 is 14.3 Å². The molecule has 5 heteroatoms. The second-order valence-electron chi connectivity index (χ2n) is 6.53. The molecule has 1 unspecified atom stereocenters. The highest BCUT2D eigenvalue weighted by atomic mass is 16.5. The van der Waals surface area contributed by atoms with Crippen LogP contribution in [0.3, 0.4) is 0 Å². The van der Waals surface area contributed by atoms with Gasteiger partial charge in [0, 0.05) is 24.1 Å². The van der Waals surface area contributed by atoms with E-state index in [1.54, 1.807) is 21.2 Å². The largest absolute Gasteiger partial charge is 0.496 e. The molecule has 1 aliphatic heterocycles. The van der Waals surface area contributed by atoms with Gasteiger partial charge in [-0.15, -0.1) is 6.58 Å². The summed E-state index contributed by atoms with van der Waals surface area (Å²) in [6, 6.07) is 11.3. The second-order valence-corrected chi connectivity index (χ2v) is 6.53. The van der Waals surface area contributed by atoms with Gasteiger partial charge >= 0.3 is 6.03 Å². The van der Waals surface area contributed by atoms with E-state index >= 15 is 0 Å². The Morgan fingerprint density at radius 2 is 2.12 bits per heavy atom. The van der Waals surface area contributed by atoms with Crippen molar-refractivity contribution in [3.63, 3.8) is 0 Å². The first-order chi connectivity index (χ1) is 11.9. The molecule has 3 rings (SSSR count). The lowest BCUT2D eigenvalue weighted by Crippen LogP contribution is -2.50. The number of hydrogen-bond donors (Lipinski definition) is 1. The average molecular weight is 339 g/mol. The molecule has 2 aromatic rings. The molecule has 5 nitrogen and oxygen atoms in total. The minimum Gasteiger partial charge on any atom is -0.496 e. The highest BCUT2D eigenvalue weighted by molar-refractivity contribution is 5.87. The Hall–Kier alpha value is -2.79. The van der Waals surface area contributed by atoms with E-state index in [0.717, 1.165) is 33.9 Å². The van der Waals surface area contributed by atoms with Crippen molar-refractivity contribution in [1.82, 2.24) is 4.48 Å². The predicted octanol–water partition coefficient (Wildman–Crippen LogP) is 4.02. The summed E-state index contributed by atoms with van der Waals surface area (Å²) in [5.41, 5.74) is 9.34. The smallest absolute Gasteiger partial charge is 0.418 e. The number of quaternary nitrogens is 1. The summed E-state index contributed by atoms with van der Waals surface area (Å²) >= 11 is 0. The molecule has 1 heterocycles. The normalized spacial score (nSPS) is 15.6. The monoisotopic (exact) mass is 339 g/mol. The van der Waals surface area contributed by atoms with Crippen LogP contribution in [-0.4, -0.2) is 27.2 Å². The van der Waals surface area contributed by atoms with Gasteiger partial charge in [-0.2, -0.15) is 0 Å². The van der Waals surface area contributed by atoms with Crippen LogP contribution in [-0.2, 0) is 0 Å². The Morgan fingerprint density at radius 1 is 1.36 bits per heavy atom. The summed E-state index contributed by atoms with van der Waals surface area (Å²) in [5, 5.41) is 0. The molecule has 25 heavy (non-hydrogen) atoms. The quantitative estimate of drug-likeness (QED) is 0.676. The summed E-state index contributed by atoms with van der Waals surface area (Å²) in [5.74, 6) is 1.54. The van der Waals surface area contributed by atoms with E-state index in [9.17, 15) is 4.79 Å². The highest BCUT2D eigenvalue weighted by Gasteiger charge is 2.32. The van der Waals surface area contributed by atoms with Crippen LogP contribution < -0.4 is 19.7 Å². The SMILES string of the molecule is C=CCC1Oc2cccc(OC)c2-c2ccc([N+](C)(C)C(N)=O)cc21. The molecule has 2 N–H and O–H groups in total. The van der Waals surface area contributed by atoms with E-state index in [2.05, 4.69) is 6.58 Å². The molecule has 0 saturated carbocycles. The van der Waals surface area contributed by atoms with Gasteiger partial charge < -0.3 is 15.2 Å². The van der Waals surface area contributed by atoms with Crippen LogP contribution in [0, 0.1) is 0 Å². The molecule has 0 spiro atoms. The van der Waals surface area contributed by atoms with Crippen molar-refractivity contribution in [3.05, 3.63) is 54.6 Å². The van der Waals surface area contributed by atoms with Crippen LogP contribution in [0.5, 0.6) is 11.5 Å². The minimum absolute atomic E-state index is 0.0349. The standard InChI is InChI=1S/C20H22N2O3/c1-5-7-16-15-12-13(22(2,3)20(21)23)10-11-14(15)19-17(24-4)8-6-9-18(19)25-16/h5-6,8-12,16H,1,7H2,2-4H3,(H-,21,23)/p+1. The van der Waals surface area contributed by atoms with E-state index in [1.165, 1.54) is 0 Å². The van der Waals surface area contributed by atoms with E-state index in [1.807, 2.05) is 42.5 Å². The Morgan fingerprint density at radius 3 is 2.76 bits per heavy atom. The molecule has 0 radical (unpaired) electrons. The number of rotatable bonds is 4. The number of hydrogen-bond acceptors (Lipinski definition) is 3. The van der Waals surface area contributed by atoms with Gasteiger partial charge in [0.25, 0.3) is 0 Å². The van der Waals surface area contributed by atoms with Crippen LogP contribution >= 0.6 is 0 Å². The Labute approximate surface area is 147 Å². The molecule has 2 aromatic carbocycles. The van der Waals surface area contributed by atoms with E-state index in [-0.39, 0.29) is 10.6 Å². The first-order valence-corrected chi connectivity index (χ1v) is 8.13. The molecule has 0 saturated heterocycles. The third kappa shape index (κ3) is 2.76. The highest BCUT2D eigenvalue weighted by Crippen LogP contribution is 2.49. The summed E-state index contributed by atoms with van der Waals surface area (Å²) in [6.45, 7) is 3.83. The fourth-order valence-electron chi connectivity index (χ4n) is 3.11. The Bertz CT molecular complexity index is 843. The van der Waals surface area contributed by atoms with Gasteiger partial charge in [0.15, 0.2) is 0 Å². The van der Waals surface area contributed by atoms with E-state index < -0.39 is 6.03 Å². The van der Waals surface area contributed by atoms with Crippen molar-refractivity contribution in [3.8, 4) is 22.6 Å². The zero-order valence-corrected chi connectivity index (χ0v) is 14.8. The third-order valence-electron chi connectivity index (χ3n) is 4.71. The number of primary amides is 1. The lowest BCUT2D eigenvalue weighted by molar-refractivity contribution is 0.204. The molecule has 0 aromatic heterocycles. The van der Waals surface area contributed by atoms with Gasteiger partial charge in [-0.05, 0) is 23.8 Å². The van der Waals surface area contributed by atoms with E-state index in [0.29, 0.717) is 6.42 Å². The molecule has 0 aliphatic carbocycles. The molecule has 1 atom stereocenters. The van der Waals surface area contributed by atoms with Gasteiger partial charge in [-0.1, -0.05) is 12.1 Å². The zero-order valence-electron chi connectivity index (χ0n) is 14.8. The fourth-order valence-corrected chi connectivity index (χ4v) is 3.11. The van der Waals surface area contributed by atoms with Gasteiger partial charge in [0.1, 0.15) is 23.3 Å². The number of ether oxygens (including phenoxy) is 2. The second kappa shape index (κ2) is 6.26. The van der Waals surface area contributed by atoms with Crippen molar-refractivity contribution in [2.75, 3.05) is 21.2 Å². The lowest BCUT2D eigenvalue weighted by Gasteiger charge is -2.31. The van der Waals surface area contributed by atoms with Crippen LogP contribution in [0.4, 0.5) is 10.5 Å². The number of methoxy groups -OCH3 is 1. The summed E-state index contributed by atoms with van der Waals surface area (Å²) in [6.07, 6.45) is 2.33. The van der Waals surface area contributed by atoms with Gasteiger partial charge in [-0.3, -0.25) is 0 Å². The molecule has 130 valence electrons. The summed E-state index contributed by atoms with van der Waals surface area (Å²) in [7, 11) is 5.18. The topological polar surface area (TPSA) is 61.6 Å². The number of carbonyl (C=O) groups is 1. The summed E-state index contributed by atoms with van der Waals surface area (Å²) in [4.78, 5) is 11.8. The molecule has 0 bridgehead atoms. The average Bonchev–Trinajstić information content (AvgIpc) is 2.60. The zero-order chi connectivity index (χ0) is 18.2. The maximum Gasteiger partial charge on any atom is 0.418 e. The van der Waals surface area contributed by atoms with Gasteiger partial charge in [0.05, 0.1) is 26.8 Å². The number of amides is 2. The van der Waals surface area contributed by atoms with E-state index in [4.69, 9.17) is 15.2 Å². The Balaban J connectivity index is 2.23. The van der Waals surface area contributed by atoms with Crippen molar-refractivity contribution in [2.45, 2.75) is 12.5 Å². The lowest BCUT2D eigenvalue weighted by atomic mass is 9.90. The van der Waals surface area contributed by atoms with Crippen LogP contribution in [0.15, 0.2) is 49.1 Å². The number of urea groups is 1. The number of fused-ring (bicyclic) bond motifs is 3. The van der Waals surface area contributed by atoms with Crippen LogP contribution in [0.25, 0.3) is 11.1 Å². The summed E-state index contributed by atoms with van der Waals surface area (Å²) < 4.78 is 11.7.